The van der Waals surface area contributed by atoms with Crippen molar-refractivity contribution < 1.29 is 26.5 Å². The predicted octanol–water partition coefficient (Wildman–Crippen LogP) is 36.7. The van der Waals surface area contributed by atoms with Crippen LogP contribution < -0.4 is 0 Å². The first-order valence-electron chi connectivity index (χ1n) is 48.0. The fraction of sp³-hybridized carbons (Fsp3) is 0. The van der Waals surface area contributed by atoms with Crippen LogP contribution in [0.1, 0.15) is 0 Å². The van der Waals surface area contributed by atoms with Crippen LogP contribution in [0.2, 0.25) is 0 Å². The number of fused-ring (bicyclic) bond motifs is 45. The monoisotopic (exact) mass is 1810 g/mol. The zero-order valence-electron chi connectivity index (χ0n) is 75.8. The summed E-state index contributed by atoms with van der Waals surface area (Å²) in [5, 5.41) is 30.0. The summed E-state index contributed by atoms with van der Waals surface area (Å²) in [6, 6.07) is 154. The first-order chi connectivity index (χ1) is 70.4. The number of para-hydroxylation sites is 7. The van der Waals surface area contributed by atoms with Gasteiger partial charge in [0.15, 0.2) is 0 Å². The van der Waals surface area contributed by atoms with Crippen molar-refractivity contribution in [3.05, 3.63) is 443 Å². The van der Waals surface area contributed by atoms with E-state index >= 15 is 0 Å². The van der Waals surface area contributed by atoms with Crippen molar-refractivity contribution >= 4 is 251 Å². The van der Waals surface area contributed by atoms with Gasteiger partial charge in [0.1, 0.15) is 78.3 Å². The van der Waals surface area contributed by atoms with E-state index in [4.69, 9.17) is 36.5 Å². The molecule has 0 unspecified atom stereocenters. The van der Waals surface area contributed by atoms with Gasteiger partial charge >= 0.3 is 0 Å². The second kappa shape index (κ2) is 30.1. The molecule has 142 heavy (non-hydrogen) atoms. The van der Waals surface area contributed by atoms with Crippen LogP contribution in [0.3, 0.4) is 0 Å². The Labute approximate surface area is 806 Å². The van der Waals surface area contributed by atoms with Gasteiger partial charge in [0.05, 0.1) is 38.8 Å². The van der Waals surface area contributed by atoms with E-state index in [2.05, 4.69) is 408 Å². The number of benzene rings is 22. The number of rotatable bonds is 6. The molecule has 0 bridgehead atoms. The maximum absolute atomic E-state index is 6.72. The molecular weight excluding hydrogens is 1740 g/mol. The molecule has 33 rings (SSSR count). The number of furan rings is 6. The molecule has 0 saturated carbocycles. The molecule has 33 aromatic rings. The molecule has 0 saturated heterocycles. The second-order valence-electron chi connectivity index (χ2n) is 37.3. The molecule has 0 spiro atoms. The van der Waals surface area contributed by atoms with Crippen molar-refractivity contribution in [2.45, 2.75) is 0 Å². The predicted molar refractivity (Wildman–Crippen MR) is 586 cm³/mol. The highest BCUT2D eigenvalue weighted by Gasteiger charge is 2.29. The smallest absolute Gasteiger partial charge is 0.147 e. The van der Waals surface area contributed by atoms with E-state index < -0.39 is 0 Å². The van der Waals surface area contributed by atoms with Crippen LogP contribution in [0.5, 0.6) is 0 Å². The lowest BCUT2D eigenvalue weighted by Crippen LogP contribution is -1.93. The molecule has 0 aliphatic carbocycles. The highest BCUT2D eigenvalue weighted by Crippen LogP contribution is 2.53. The molecule has 0 N–H and O–H groups in total. The summed E-state index contributed by atoms with van der Waals surface area (Å²) in [4.78, 5) is 14.8. The molecule has 11 nitrogen and oxygen atoms in total. The Balaban J connectivity index is 0.0000000998. The van der Waals surface area contributed by atoms with Crippen LogP contribution in [0.15, 0.2) is 469 Å². The standard InChI is InChI=1S/C51H28N2O2.C47H26N2O2.C33H19NO2/c1-3-11-34-30(9-1)21-25-37-36-24-22-33(27-42(36)53-41-15-7-6-14-40(41)52-51(53)46(34)37)29-17-19-32(20-18-29)39-28-45-49(48-38-13-5-8-16-43(38)55-50(39)48)47-35-12-4-2-10-31(35)23-26-44(47)54-45;1-2-10-31-28(9-1)22-24-41-43(31)45-42(50-41)26-36(46-44(45)35-13-5-8-16-40(35)51-46)29-19-17-27(18-20-29)30-21-23-33-32-11-3-4-12-34(32)47-48-37-14-6-7-15-38(37)49(47)39(33)25-30;1-2-8-23-20(7-1)16-17-28-30(23)32-29(35-28)19-25(33-31(32)24-9-3-4-11-27(24)36-33)21-12-14-22(15-13-21)26-10-5-6-18-34-26/h1-28H;1-26H;1-19H. The van der Waals surface area contributed by atoms with Gasteiger partial charge in [-0.2, -0.15) is 0 Å². The third-order valence-electron chi connectivity index (χ3n) is 29.6. The Kier molecular flexibility index (Phi) is 16.6. The fourth-order valence-electron chi connectivity index (χ4n) is 23.2. The van der Waals surface area contributed by atoms with Crippen molar-refractivity contribution in [3.8, 4) is 66.9 Å². The minimum atomic E-state index is 0.857. The Hall–Kier alpha value is -19.2. The normalized spacial score (nSPS) is 12.2. The molecule has 0 aliphatic rings. The lowest BCUT2D eigenvalue weighted by Gasteiger charge is -2.13. The molecule has 0 atom stereocenters. The molecular formula is C131H73N5O6. The van der Waals surface area contributed by atoms with Crippen molar-refractivity contribution in [3.63, 3.8) is 0 Å². The Morgan fingerprint density at radius 3 is 0.923 bits per heavy atom. The third kappa shape index (κ3) is 11.6. The van der Waals surface area contributed by atoms with Gasteiger partial charge in [-0.25, -0.2) is 9.97 Å². The van der Waals surface area contributed by atoms with Gasteiger partial charge in [0, 0.05) is 115 Å². The molecule has 0 radical (unpaired) electrons. The number of aromatic nitrogens is 5. The third-order valence-corrected chi connectivity index (χ3v) is 29.6. The van der Waals surface area contributed by atoms with Gasteiger partial charge in [0.25, 0.3) is 0 Å². The summed E-state index contributed by atoms with van der Waals surface area (Å²) in [6.07, 6.45) is 1.82. The van der Waals surface area contributed by atoms with Crippen molar-refractivity contribution in [1.29, 1.82) is 0 Å². The number of hydrogen-bond acceptors (Lipinski definition) is 9. The van der Waals surface area contributed by atoms with Crippen molar-refractivity contribution in [2.75, 3.05) is 0 Å². The summed E-state index contributed by atoms with van der Waals surface area (Å²) in [7, 11) is 0. The zero-order valence-corrected chi connectivity index (χ0v) is 75.8. The molecule has 11 heteroatoms. The second-order valence-corrected chi connectivity index (χ2v) is 37.3. The fourth-order valence-corrected chi connectivity index (χ4v) is 23.2. The minimum absolute atomic E-state index is 0.857. The average Bonchev–Trinajstić information content (AvgIpc) is 1.53. The lowest BCUT2D eigenvalue weighted by atomic mass is 9.94. The van der Waals surface area contributed by atoms with Crippen LogP contribution >= 0.6 is 0 Å². The molecule has 11 aromatic heterocycles. The summed E-state index contributed by atoms with van der Waals surface area (Å²) < 4.78 is 44.4. The molecule has 658 valence electrons. The van der Waals surface area contributed by atoms with E-state index in [0.29, 0.717) is 0 Å². The topological polar surface area (TPSA) is 126 Å². The van der Waals surface area contributed by atoms with Gasteiger partial charge in [-0.3, -0.25) is 13.8 Å². The highest BCUT2D eigenvalue weighted by molar-refractivity contribution is 6.36. The summed E-state index contributed by atoms with van der Waals surface area (Å²) in [5.41, 5.74) is 31.8. The van der Waals surface area contributed by atoms with E-state index in [-0.39, 0.29) is 0 Å². The lowest BCUT2D eigenvalue weighted by molar-refractivity contribution is 0.664. The minimum Gasteiger partial charge on any atom is -0.456 e. The Morgan fingerprint density at radius 2 is 0.493 bits per heavy atom. The van der Waals surface area contributed by atoms with E-state index in [1.165, 1.54) is 70.0 Å². The summed E-state index contributed by atoms with van der Waals surface area (Å²) in [5.74, 6) is 0. The van der Waals surface area contributed by atoms with E-state index in [1.54, 1.807) is 0 Å². The SMILES string of the molecule is c1ccc(-c2ccc(-c3cc4oc5ccc6ccccc6c5c4c4c3oc3ccccc34)cc2)nc1.c1ccc2c(c1)ccc1oc3cc(-c4ccc(-c5ccc6c7ccc8ccccc8c7c7nc8ccccc8n7c6c5)cc4)c4oc5ccccc5c4c3c12.c1ccc2c(c1)ccc1oc3cc(-c4ccc(-c5ccc6c7ccccc7c7nc8ccccc8n7c6c5)cc4)c4oc5ccccc5c4c3c12. The maximum Gasteiger partial charge on any atom is 0.147 e. The van der Waals surface area contributed by atoms with Crippen LogP contribution in [-0.4, -0.2) is 23.8 Å². The summed E-state index contributed by atoms with van der Waals surface area (Å²) >= 11 is 0. The molecule has 22 aromatic carbocycles. The highest BCUT2D eigenvalue weighted by atomic mass is 16.4. The maximum atomic E-state index is 6.72. The van der Waals surface area contributed by atoms with E-state index in [0.717, 1.165) is 248 Å². The van der Waals surface area contributed by atoms with Gasteiger partial charge in [-0.15, -0.1) is 0 Å². The Morgan fingerprint density at radius 1 is 0.169 bits per heavy atom. The molecule has 0 aliphatic heterocycles. The van der Waals surface area contributed by atoms with E-state index in [9.17, 15) is 0 Å². The largest absolute Gasteiger partial charge is 0.456 e. The van der Waals surface area contributed by atoms with Crippen LogP contribution in [0.25, 0.3) is 318 Å². The number of nitrogens with zero attached hydrogens (tertiary/aromatic N) is 5. The first-order valence-corrected chi connectivity index (χ1v) is 48.0. The number of pyridine rings is 3. The van der Waals surface area contributed by atoms with Crippen LogP contribution in [0.4, 0.5) is 0 Å². The number of imidazole rings is 2. The van der Waals surface area contributed by atoms with E-state index in [1.807, 2.05) is 48.7 Å². The molecule has 0 amide bonds. The quantitative estimate of drug-likeness (QED) is 0.150. The van der Waals surface area contributed by atoms with Gasteiger partial charge in [-0.1, -0.05) is 334 Å². The van der Waals surface area contributed by atoms with Gasteiger partial charge in [0.2, 0.25) is 0 Å². The summed E-state index contributed by atoms with van der Waals surface area (Å²) in [6.45, 7) is 0. The Bertz CT molecular complexity index is 11200. The molecule has 11 heterocycles. The average molecular weight is 1810 g/mol. The first kappa shape index (κ1) is 78.0. The molecule has 0 fully saturated rings. The van der Waals surface area contributed by atoms with Crippen molar-refractivity contribution in [2.24, 2.45) is 0 Å². The number of hydrogen-bond donors (Lipinski definition) is 0. The zero-order chi connectivity index (χ0) is 92.6. The van der Waals surface area contributed by atoms with Crippen LogP contribution in [-0.2, 0) is 0 Å². The van der Waals surface area contributed by atoms with Gasteiger partial charge in [-0.05, 0) is 196 Å². The van der Waals surface area contributed by atoms with Crippen molar-refractivity contribution in [1.82, 2.24) is 23.8 Å². The van der Waals surface area contributed by atoms with Crippen LogP contribution in [0, 0.1) is 0 Å². The van der Waals surface area contributed by atoms with Gasteiger partial charge < -0.3 is 26.5 Å².